The van der Waals surface area contributed by atoms with Crippen LogP contribution in [-0.2, 0) is 6.42 Å². The molecule has 0 spiro atoms. The van der Waals surface area contributed by atoms with E-state index < -0.39 is 0 Å². The molecule has 2 aliphatic rings. The first kappa shape index (κ1) is 12.1. The Hall–Kier alpha value is -1.62. The quantitative estimate of drug-likeness (QED) is 0.919. The van der Waals surface area contributed by atoms with Crippen molar-refractivity contribution in [2.24, 2.45) is 0 Å². The largest absolute Gasteiger partial charge is 0.482 e. The molecular weight excluding hydrogens is 320 g/mol. The Kier molecular flexibility index (Phi) is 2.70. The molecule has 0 saturated heterocycles. The SMILES string of the molecule is O=c1[nH]c(C2Cc3ccccc3O2)nc(C2CC2)c1Br. The first-order valence-electron chi connectivity index (χ1n) is 6.76. The lowest BCUT2D eigenvalue weighted by Crippen LogP contribution is -2.19. The number of hydrogen-bond donors (Lipinski definition) is 1. The third-order valence-electron chi connectivity index (χ3n) is 3.82. The van der Waals surface area contributed by atoms with Gasteiger partial charge >= 0.3 is 0 Å². The van der Waals surface area contributed by atoms with Gasteiger partial charge in [-0.3, -0.25) is 4.79 Å². The molecule has 1 aromatic carbocycles. The van der Waals surface area contributed by atoms with Crippen molar-refractivity contribution in [3.8, 4) is 5.75 Å². The number of nitrogens with zero attached hydrogens (tertiary/aromatic N) is 1. The van der Waals surface area contributed by atoms with E-state index in [1.54, 1.807) is 0 Å². The van der Waals surface area contributed by atoms with Crippen LogP contribution in [0.5, 0.6) is 5.75 Å². The third-order valence-corrected chi connectivity index (χ3v) is 4.59. The van der Waals surface area contributed by atoms with Crippen molar-refractivity contribution in [1.82, 2.24) is 9.97 Å². The van der Waals surface area contributed by atoms with E-state index in [4.69, 9.17) is 4.74 Å². The lowest BCUT2D eigenvalue weighted by molar-refractivity contribution is 0.226. The molecule has 1 unspecified atom stereocenters. The zero-order chi connectivity index (χ0) is 13.7. The summed E-state index contributed by atoms with van der Waals surface area (Å²) in [5.74, 6) is 1.95. The van der Waals surface area contributed by atoms with Crippen molar-refractivity contribution < 1.29 is 4.74 Å². The van der Waals surface area contributed by atoms with E-state index in [9.17, 15) is 4.79 Å². The zero-order valence-corrected chi connectivity index (χ0v) is 12.3. The van der Waals surface area contributed by atoms with Gasteiger partial charge in [-0.05, 0) is 40.4 Å². The molecule has 5 heteroatoms. The van der Waals surface area contributed by atoms with Gasteiger partial charge in [0.25, 0.3) is 5.56 Å². The molecule has 1 saturated carbocycles. The van der Waals surface area contributed by atoms with Gasteiger partial charge in [-0.1, -0.05) is 18.2 Å². The molecule has 1 N–H and O–H groups in total. The van der Waals surface area contributed by atoms with E-state index in [0.717, 1.165) is 36.3 Å². The fourth-order valence-electron chi connectivity index (χ4n) is 2.61. The van der Waals surface area contributed by atoms with Crippen molar-refractivity contribution in [2.45, 2.75) is 31.3 Å². The van der Waals surface area contributed by atoms with Crippen LogP contribution in [0.2, 0.25) is 0 Å². The highest BCUT2D eigenvalue weighted by atomic mass is 79.9. The van der Waals surface area contributed by atoms with Crippen LogP contribution < -0.4 is 10.3 Å². The number of benzene rings is 1. The highest BCUT2D eigenvalue weighted by Gasteiger charge is 2.32. The summed E-state index contributed by atoms with van der Waals surface area (Å²) in [6, 6.07) is 7.95. The van der Waals surface area contributed by atoms with Crippen molar-refractivity contribution in [1.29, 1.82) is 0 Å². The molecule has 1 aliphatic heterocycles. The lowest BCUT2D eigenvalue weighted by atomic mass is 10.1. The Bertz CT molecular complexity index is 712. The van der Waals surface area contributed by atoms with Gasteiger partial charge < -0.3 is 9.72 Å². The normalized spacial score (nSPS) is 20.6. The number of ether oxygens (including phenoxy) is 1. The number of nitrogens with one attached hydrogen (secondary N) is 1. The molecule has 1 fully saturated rings. The summed E-state index contributed by atoms with van der Waals surface area (Å²) in [5, 5.41) is 0. The van der Waals surface area contributed by atoms with E-state index in [1.807, 2.05) is 24.3 Å². The Labute approximate surface area is 124 Å². The molecule has 4 nitrogen and oxygen atoms in total. The van der Waals surface area contributed by atoms with Crippen molar-refractivity contribution in [2.75, 3.05) is 0 Å². The lowest BCUT2D eigenvalue weighted by Gasteiger charge is -2.11. The predicted octanol–water partition coefficient (Wildman–Crippen LogP) is 3.09. The minimum absolute atomic E-state index is 0.114. The van der Waals surface area contributed by atoms with Crippen molar-refractivity contribution in [3.05, 3.63) is 56.2 Å². The van der Waals surface area contributed by atoms with E-state index in [-0.39, 0.29) is 11.7 Å². The van der Waals surface area contributed by atoms with Crippen LogP contribution in [0.25, 0.3) is 0 Å². The van der Waals surface area contributed by atoms with Crippen LogP contribution in [0.4, 0.5) is 0 Å². The molecule has 2 aromatic rings. The topological polar surface area (TPSA) is 55.0 Å². The maximum absolute atomic E-state index is 12.0. The molecule has 4 rings (SSSR count). The summed E-state index contributed by atoms with van der Waals surface area (Å²) in [6.07, 6.45) is 2.79. The smallest absolute Gasteiger partial charge is 0.265 e. The second-order valence-electron chi connectivity index (χ2n) is 5.34. The van der Waals surface area contributed by atoms with Gasteiger partial charge in [0.2, 0.25) is 0 Å². The van der Waals surface area contributed by atoms with Crippen molar-refractivity contribution in [3.63, 3.8) is 0 Å². The van der Waals surface area contributed by atoms with Gasteiger partial charge in [-0.25, -0.2) is 4.98 Å². The zero-order valence-electron chi connectivity index (χ0n) is 10.7. The monoisotopic (exact) mass is 332 g/mol. The molecule has 20 heavy (non-hydrogen) atoms. The number of halogens is 1. The van der Waals surface area contributed by atoms with Crippen LogP contribution in [0.3, 0.4) is 0 Å². The maximum Gasteiger partial charge on any atom is 0.265 e. The third kappa shape index (κ3) is 1.97. The minimum atomic E-state index is -0.189. The summed E-state index contributed by atoms with van der Waals surface area (Å²) in [6.45, 7) is 0. The van der Waals surface area contributed by atoms with Crippen molar-refractivity contribution >= 4 is 15.9 Å². The molecule has 0 amide bonds. The summed E-state index contributed by atoms with van der Waals surface area (Å²) in [5.41, 5.74) is 1.93. The van der Waals surface area contributed by atoms with Gasteiger partial charge in [-0.2, -0.15) is 0 Å². The summed E-state index contributed by atoms with van der Waals surface area (Å²) in [4.78, 5) is 19.5. The highest BCUT2D eigenvalue weighted by Crippen LogP contribution is 2.42. The van der Waals surface area contributed by atoms with Crippen LogP contribution in [0, 0.1) is 0 Å². The van der Waals surface area contributed by atoms with Gasteiger partial charge in [0.1, 0.15) is 10.2 Å². The number of aromatic nitrogens is 2. The van der Waals surface area contributed by atoms with Gasteiger partial charge in [0.05, 0.1) is 5.69 Å². The summed E-state index contributed by atoms with van der Waals surface area (Å²) in [7, 11) is 0. The van der Waals surface area contributed by atoms with Crippen LogP contribution >= 0.6 is 15.9 Å². The molecule has 0 radical (unpaired) electrons. The molecule has 2 heterocycles. The number of rotatable bonds is 2. The van der Waals surface area contributed by atoms with E-state index in [1.165, 1.54) is 0 Å². The Morgan fingerprint density at radius 1 is 1.30 bits per heavy atom. The van der Waals surface area contributed by atoms with E-state index in [2.05, 4.69) is 25.9 Å². The second kappa shape index (κ2) is 4.45. The standard InChI is InChI=1S/C15H13BrN2O2/c16-12-13(8-5-6-8)17-14(18-15(12)19)11-7-9-3-1-2-4-10(9)20-11/h1-4,8,11H,5-7H2,(H,17,18,19). The Balaban J connectivity index is 1.72. The Morgan fingerprint density at radius 3 is 2.85 bits per heavy atom. The molecule has 1 aromatic heterocycles. The number of H-pyrrole nitrogens is 1. The summed E-state index contributed by atoms with van der Waals surface area (Å²) < 4.78 is 6.46. The molecule has 1 aliphatic carbocycles. The number of fused-ring (bicyclic) bond motifs is 1. The van der Waals surface area contributed by atoms with E-state index in [0.29, 0.717) is 16.2 Å². The first-order chi connectivity index (χ1) is 9.72. The molecule has 1 atom stereocenters. The van der Waals surface area contributed by atoms with Gasteiger partial charge in [-0.15, -0.1) is 0 Å². The summed E-state index contributed by atoms with van der Waals surface area (Å²) >= 11 is 3.34. The van der Waals surface area contributed by atoms with Gasteiger partial charge in [0, 0.05) is 12.3 Å². The van der Waals surface area contributed by atoms with Crippen LogP contribution in [-0.4, -0.2) is 9.97 Å². The fraction of sp³-hybridized carbons (Fsp3) is 0.333. The van der Waals surface area contributed by atoms with Crippen LogP contribution in [0.1, 0.15) is 41.9 Å². The van der Waals surface area contributed by atoms with Gasteiger partial charge in [0.15, 0.2) is 11.9 Å². The molecule has 102 valence electrons. The average Bonchev–Trinajstić information content (AvgIpc) is 3.19. The molecular formula is C15H13BrN2O2. The maximum atomic E-state index is 12.0. The average molecular weight is 333 g/mol. The first-order valence-corrected chi connectivity index (χ1v) is 7.56. The second-order valence-corrected chi connectivity index (χ2v) is 6.14. The number of aromatic amines is 1. The number of hydrogen-bond acceptors (Lipinski definition) is 3. The molecule has 0 bridgehead atoms. The fourth-order valence-corrected chi connectivity index (χ4v) is 3.12. The highest BCUT2D eigenvalue weighted by molar-refractivity contribution is 9.10. The Morgan fingerprint density at radius 2 is 2.10 bits per heavy atom. The minimum Gasteiger partial charge on any atom is -0.482 e. The van der Waals surface area contributed by atoms with E-state index >= 15 is 0 Å². The van der Waals surface area contributed by atoms with Crippen LogP contribution in [0.15, 0.2) is 33.5 Å². The predicted molar refractivity (Wildman–Crippen MR) is 78.0 cm³/mol. The number of para-hydroxylation sites is 1.